The summed E-state index contributed by atoms with van der Waals surface area (Å²) in [6.45, 7) is 1.73. The van der Waals surface area contributed by atoms with E-state index in [4.69, 9.17) is 10.1 Å². The lowest BCUT2D eigenvalue weighted by molar-refractivity contribution is 0.0690. The molecule has 0 fully saturated rings. The SMILES string of the molecule is Cc1c(-c2ccccc2)nc2ccc(Br)cc2c1C(=O)Nc1ccc(C(=O)O)c(F)c1F. The number of benzene rings is 3. The maximum Gasteiger partial charge on any atom is 0.338 e. The van der Waals surface area contributed by atoms with E-state index in [0.717, 1.165) is 22.2 Å². The van der Waals surface area contributed by atoms with E-state index in [1.807, 2.05) is 30.3 Å². The van der Waals surface area contributed by atoms with Crippen LogP contribution in [0.4, 0.5) is 14.5 Å². The molecule has 0 spiro atoms. The van der Waals surface area contributed by atoms with Gasteiger partial charge in [0, 0.05) is 15.4 Å². The molecule has 0 radical (unpaired) electrons. The van der Waals surface area contributed by atoms with Gasteiger partial charge in [-0.15, -0.1) is 0 Å². The number of nitrogens with one attached hydrogen (secondary N) is 1. The molecule has 5 nitrogen and oxygen atoms in total. The standard InChI is InChI=1S/C24H15BrF2N2O3/c1-12-19(23(30)29-18-10-8-15(24(31)32)20(26)21(18)27)16-11-14(25)7-9-17(16)28-22(12)13-5-3-2-4-6-13/h2-11H,1H3,(H,29,30)(H,31,32). The summed E-state index contributed by atoms with van der Waals surface area (Å²) >= 11 is 3.39. The van der Waals surface area contributed by atoms with Gasteiger partial charge in [0.1, 0.15) is 0 Å². The molecule has 160 valence electrons. The number of carboxylic acid groups (broad SMARTS) is 1. The van der Waals surface area contributed by atoms with Gasteiger partial charge >= 0.3 is 5.97 Å². The molecule has 8 heteroatoms. The minimum Gasteiger partial charge on any atom is -0.478 e. The molecule has 0 aliphatic carbocycles. The van der Waals surface area contributed by atoms with Gasteiger partial charge in [-0.2, -0.15) is 0 Å². The Labute approximate surface area is 189 Å². The first-order valence-electron chi connectivity index (χ1n) is 9.46. The van der Waals surface area contributed by atoms with E-state index in [2.05, 4.69) is 21.2 Å². The zero-order valence-corrected chi connectivity index (χ0v) is 18.2. The fourth-order valence-corrected chi connectivity index (χ4v) is 3.86. The van der Waals surface area contributed by atoms with E-state index >= 15 is 0 Å². The maximum absolute atomic E-state index is 14.4. The minimum absolute atomic E-state index is 0.247. The van der Waals surface area contributed by atoms with Crippen molar-refractivity contribution < 1.29 is 23.5 Å². The van der Waals surface area contributed by atoms with Crippen molar-refractivity contribution in [1.29, 1.82) is 0 Å². The van der Waals surface area contributed by atoms with Gasteiger partial charge in [-0.25, -0.2) is 18.6 Å². The highest BCUT2D eigenvalue weighted by Gasteiger charge is 2.23. The Balaban J connectivity index is 1.87. The van der Waals surface area contributed by atoms with Crippen molar-refractivity contribution >= 4 is 44.4 Å². The number of fused-ring (bicyclic) bond motifs is 1. The van der Waals surface area contributed by atoms with Gasteiger partial charge < -0.3 is 10.4 Å². The first-order valence-corrected chi connectivity index (χ1v) is 10.2. The van der Waals surface area contributed by atoms with Crippen LogP contribution in [0.15, 0.2) is 65.1 Å². The minimum atomic E-state index is -1.60. The maximum atomic E-state index is 14.4. The molecule has 0 bridgehead atoms. The molecule has 1 heterocycles. The monoisotopic (exact) mass is 496 g/mol. The van der Waals surface area contributed by atoms with E-state index in [1.165, 1.54) is 0 Å². The number of amides is 1. The van der Waals surface area contributed by atoms with Crippen LogP contribution in [0.2, 0.25) is 0 Å². The molecule has 0 saturated carbocycles. The summed E-state index contributed by atoms with van der Waals surface area (Å²) in [5, 5.41) is 11.9. The zero-order valence-electron chi connectivity index (χ0n) is 16.6. The summed E-state index contributed by atoms with van der Waals surface area (Å²) in [5.41, 5.74) is 1.46. The van der Waals surface area contributed by atoms with E-state index in [0.29, 0.717) is 22.2 Å². The Morgan fingerprint density at radius 3 is 2.41 bits per heavy atom. The second-order valence-electron chi connectivity index (χ2n) is 7.04. The molecule has 0 atom stereocenters. The number of aromatic carboxylic acids is 1. The molecule has 0 aliphatic rings. The van der Waals surface area contributed by atoms with Crippen LogP contribution in [0.25, 0.3) is 22.2 Å². The number of carbonyl (C=O) groups is 2. The Hall–Kier alpha value is -3.65. The largest absolute Gasteiger partial charge is 0.478 e. The van der Waals surface area contributed by atoms with Crippen LogP contribution >= 0.6 is 15.9 Å². The van der Waals surface area contributed by atoms with Crippen molar-refractivity contribution in [2.24, 2.45) is 0 Å². The quantitative estimate of drug-likeness (QED) is 0.352. The van der Waals surface area contributed by atoms with Gasteiger partial charge in [0.05, 0.1) is 28.0 Å². The predicted octanol–water partition coefficient (Wildman–Crippen LogP) is 6.20. The van der Waals surface area contributed by atoms with Crippen molar-refractivity contribution in [3.63, 3.8) is 0 Å². The summed E-state index contributed by atoms with van der Waals surface area (Å²) in [6.07, 6.45) is 0. The predicted molar refractivity (Wildman–Crippen MR) is 121 cm³/mol. The lowest BCUT2D eigenvalue weighted by Crippen LogP contribution is -2.17. The third kappa shape index (κ3) is 3.85. The second-order valence-corrected chi connectivity index (χ2v) is 7.95. The number of anilines is 1. The number of aromatic nitrogens is 1. The topological polar surface area (TPSA) is 79.3 Å². The molecule has 0 aliphatic heterocycles. The number of hydrogen-bond donors (Lipinski definition) is 2. The third-order valence-electron chi connectivity index (χ3n) is 5.03. The van der Waals surface area contributed by atoms with Crippen molar-refractivity contribution in [2.75, 3.05) is 5.32 Å². The van der Waals surface area contributed by atoms with Crippen molar-refractivity contribution in [1.82, 2.24) is 4.98 Å². The van der Waals surface area contributed by atoms with Crippen molar-refractivity contribution in [3.05, 3.63) is 93.5 Å². The molecule has 1 aromatic heterocycles. The molecular weight excluding hydrogens is 482 g/mol. The number of halogens is 3. The number of pyridine rings is 1. The molecular formula is C24H15BrF2N2O3. The average Bonchev–Trinajstić information content (AvgIpc) is 2.77. The highest BCUT2D eigenvalue weighted by atomic mass is 79.9. The molecule has 4 aromatic rings. The van der Waals surface area contributed by atoms with E-state index < -0.39 is 34.8 Å². The van der Waals surface area contributed by atoms with Crippen LogP contribution in [0.5, 0.6) is 0 Å². The highest BCUT2D eigenvalue weighted by molar-refractivity contribution is 9.10. The Morgan fingerprint density at radius 1 is 1.00 bits per heavy atom. The zero-order chi connectivity index (χ0) is 23.0. The van der Waals surface area contributed by atoms with E-state index in [-0.39, 0.29) is 5.56 Å². The average molecular weight is 497 g/mol. The van der Waals surface area contributed by atoms with Crippen LogP contribution in [0, 0.1) is 18.6 Å². The summed E-state index contributed by atoms with van der Waals surface area (Å²) in [6, 6.07) is 16.5. The van der Waals surface area contributed by atoms with Gasteiger partial charge in [0.25, 0.3) is 5.91 Å². The number of carbonyl (C=O) groups excluding carboxylic acids is 1. The first kappa shape index (κ1) is 21.6. The molecule has 4 rings (SSSR count). The lowest BCUT2D eigenvalue weighted by Gasteiger charge is -2.16. The van der Waals surface area contributed by atoms with Crippen LogP contribution in [0.3, 0.4) is 0 Å². The summed E-state index contributed by atoms with van der Waals surface area (Å²) in [4.78, 5) is 29.0. The van der Waals surface area contributed by atoms with E-state index in [9.17, 15) is 18.4 Å². The Kier molecular flexibility index (Phi) is 5.71. The normalized spacial score (nSPS) is 10.9. The fraction of sp³-hybridized carbons (Fsp3) is 0.0417. The molecule has 0 saturated heterocycles. The third-order valence-corrected chi connectivity index (χ3v) is 5.52. The summed E-state index contributed by atoms with van der Waals surface area (Å²) < 4.78 is 29.3. The van der Waals surface area contributed by atoms with Gasteiger partial charge in [-0.1, -0.05) is 46.3 Å². The number of rotatable bonds is 4. The van der Waals surface area contributed by atoms with Gasteiger partial charge in [-0.05, 0) is 42.8 Å². The molecule has 2 N–H and O–H groups in total. The first-order chi connectivity index (χ1) is 15.3. The fourth-order valence-electron chi connectivity index (χ4n) is 3.50. The van der Waals surface area contributed by atoms with Crippen LogP contribution in [0.1, 0.15) is 26.3 Å². The number of nitrogens with zero attached hydrogens (tertiary/aromatic N) is 1. The molecule has 32 heavy (non-hydrogen) atoms. The van der Waals surface area contributed by atoms with Gasteiger partial charge in [0.2, 0.25) is 0 Å². The Bertz CT molecular complexity index is 1390. The van der Waals surface area contributed by atoms with Crippen molar-refractivity contribution in [3.8, 4) is 11.3 Å². The van der Waals surface area contributed by atoms with Crippen LogP contribution in [-0.2, 0) is 0 Å². The van der Waals surface area contributed by atoms with Crippen molar-refractivity contribution in [2.45, 2.75) is 6.92 Å². The van der Waals surface area contributed by atoms with Gasteiger partial charge in [-0.3, -0.25) is 4.79 Å². The van der Waals surface area contributed by atoms with Gasteiger partial charge in [0.15, 0.2) is 11.6 Å². The smallest absolute Gasteiger partial charge is 0.338 e. The molecule has 3 aromatic carbocycles. The van der Waals surface area contributed by atoms with Crippen LogP contribution < -0.4 is 5.32 Å². The molecule has 1 amide bonds. The molecule has 0 unspecified atom stereocenters. The number of hydrogen-bond acceptors (Lipinski definition) is 3. The second kappa shape index (κ2) is 8.47. The van der Waals surface area contributed by atoms with Crippen LogP contribution in [-0.4, -0.2) is 22.0 Å². The summed E-state index contributed by atoms with van der Waals surface area (Å²) in [5.74, 6) is -5.27. The lowest BCUT2D eigenvalue weighted by atomic mass is 9.97. The number of carboxylic acids is 1. The highest BCUT2D eigenvalue weighted by Crippen LogP contribution is 2.32. The van der Waals surface area contributed by atoms with E-state index in [1.54, 1.807) is 25.1 Å². The Morgan fingerprint density at radius 2 is 1.72 bits per heavy atom. The summed E-state index contributed by atoms with van der Waals surface area (Å²) in [7, 11) is 0.